The predicted octanol–water partition coefficient (Wildman–Crippen LogP) is 1.22. The number of likely N-dealkylation sites (N-methyl/N-ethyl adjacent to an activating group) is 1. The molecule has 1 unspecified atom stereocenters. The van der Waals surface area contributed by atoms with Gasteiger partial charge in [0.15, 0.2) is 0 Å². The Kier molecular flexibility index (Phi) is 2.52. The molecule has 0 aliphatic heterocycles. The molecule has 0 aromatic carbocycles. The Bertz CT molecular complexity index is 220. The minimum Gasteiger partial charge on any atom is -0.348 e. The molecular weight excluding hydrogens is 150 g/mol. The van der Waals surface area contributed by atoms with Crippen LogP contribution in [0.25, 0.3) is 0 Å². The third-order valence-corrected chi connectivity index (χ3v) is 1.87. The van der Waals surface area contributed by atoms with Crippen molar-refractivity contribution in [3.8, 4) is 0 Å². The zero-order valence-corrected chi connectivity index (χ0v) is 8.33. The quantitative estimate of drug-likeness (QED) is 0.675. The summed E-state index contributed by atoms with van der Waals surface area (Å²) in [6.07, 6.45) is 3.64. The number of aromatic amines is 1. The molecule has 0 bridgehead atoms. The van der Waals surface area contributed by atoms with E-state index in [1.165, 1.54) is 5.69 Å². The van der Waals surface area contributed by atoms with E-state index < -0.39 is 0 Å². The van der Waals surface area contributed by atoms with Gasteiger partial charge in [-0.25, -0.2) is 4.98 Å². The maximum absolute atomic E-state index is 4.01. The zero-order chi connectivity index (χ0) is 9.19. The summed E-state index contributed by atoms with van der Waals surface area (Å²) in [5.74, 6) is 0.549. The van der Waals surface area contributed by atoms with Gasteiger partial charge in [-0.1, -0.05) is 6.92 Å². The number of aromatic nitrogens is 2. The van der Waals surface area contributed by atoms with Crippen LogP contribution >= 0.6 is 0 Å². The molecule has 12 heavy (non-hydrogen) atoms. The molecule has 1 aromatic heterocycles. The van der Waals surface area contributed by atoms with Crippen molar-refractivity contribution in [1.82, 2.24) is 9.97 Å². The molecule has 1 N–H and O–H groups in total. The highest BCUT2D eigenvalue weighted by atomic mass is 15.3. The van der Waals surface area contributed by atoms with Gasteiger partial charge in [-0.05, 0) is 0 Å². The molecular formula is C9H18N3+. The van der Waals surface area contributed by atoms with Gasteiger partial charge in [-0.2, -0.15) is 0 Å². The van der Waals surface area contributed by atoms with Crippen molar-refractivity contribution in [2.45, 2.75) is 12.8 Å². The first kappa shape index (κ1) is 9.26. The molecule has 0 spiro atoms. The van der Waals surface area contributed by atoms with Crippen molar-refractivity contribution in [3.63, 3.8) is 0 Å². The van der Waals surface area contributed by atoms with Crippen LogP contribution in [0.3, 0.4) is 0 Å². The number of H-pyrrole nitrogens is 1. The number of hydrogen-bond acceptors (Lipinski definition) is 1. The van der Waals surface area contributed by atoms with Crippen molar-refractivity contribution in [1.29, 1.82) is 0 Å². The third kappa shape index (κ3) is 2.66. The Morgan fingerprint density at radius 1 is 1.50 bits per heavy atom. The molecule has 3 nitrogen and oxygen atoms in total. The Hall–Kier alpha value is -0.830. The van der Waals surface area contributed by atoms with Crippen LogP contribution in [-0.2, 0) is 0 Å². The van der Waals surface area contributed by atoms with E-state index in [2.05, 4.69) is 38.0 Å². The molecule has 68 valence electrons. The molecule has 0 saturated heterocycles. The van der Waals surface area contributed by atoms with Gasteiger partial charge in [0.05, 0.1) is 34.0 Å². The van der Waals surface area contributed by atoms with Gasteiger partial charge in [0, 0.05) is 17.8 Å². The average molecular weight is 168 g/mol. The highest BCUT2D eigenvalue weighted by molar-refractivity contribution is 5.01. The van der Waals surface area contributed by atoms with E-state index in [1.807, 2.05) is 6.20 Å². The maximum Gasteiger partial charge on any atom is 0.0921 e. The number of imidazole rings is 1. The van der Waals surface area contributed by atoms with Gasteiger partial charge in [0.2, 0.25) is 0 Å². The first-order chi connectivity index (χ1) is 5.49. The summed E-state index contributed by atoms with van der Waals surface area (Å²) >= 11 is 0. The monoisotopic (exact) mass is 168 g/mol. The summed E-state index contributed by atoms with van der Waals surface area (Å²) in [5.41, 5.74) is 1.23. The lowest BCUT2D eigenvalue weighted by Crippen LogP contribution is -2.37. The molecule has 0 saturated carbocycles. The highest BCUT2D eigenvalue weighted by Gasteiger charge is 2.15. The van der Waals surface area contributed by atoms with Gasteiger partial charge in [0.1, 0.15) is 0 Å². The maximum atomic E-state index is 4.01. The lowest BCUT2D eigenvalue weighted by atomic mass is 10.1. The average Bonchev–Trinajstić information content (AvgIpc) is 2.32. The van der Waals surface area contributed by atoms with Crippen LogP contribution in [0.2, 0.25) is 0 Å². The van der Waals surface area contributed by atoms with Crippen LogP contribution in [-0.4, -0.2) is 42.1 Å². The summed E-state index contributed by atoms with van der Waals surface area (Å²) in [4.78, 5) is 7.15. The molecule has 0 fully saturated rings. The standard InChI is InChI=1S/C9H18N3/c1-8(6-12(2,3)4)9-5-10-7-11-9/h5,7-8H,6H2,1-4H3,(H,10,11)/q+1. The Labute approximate surface area is 74.0 Å². The highest BCUT2D eigenvalue weighted by Crippen LogP contribution is 2.13. The minimum absolute atomic E-state index is 0.549. The van der Waals surface area contributed by atoms with Crippen molar-refractivity contribution in [3.05, 3.63) is 18.2 Å². The lowest BCUT2D eigenvalue weighted by molar-refractivity contribution is -0.871. The third-order valence-electron chi connectivity index (χ3n) is 1.87. The number of nitrogens with zero attached hydrogens (tertiary/aromatic N) is 2. The lowest BCUT2D eigenvalue weighted by Gasteiger charge is -2.26. The minimum atomic E-state index is 0.549. The van der Waals surface area contributed by atoms with Crippen LogP contribution in [0, 0.1) is 0 Å². The van der Waals surface area contributed by atoms with E-state index >= 15 is 0 Å². The van der Waals surface area contributed by atoms with E-state index in [9.17, 15) is 0 Å². The predicted molar refractivity (Wildman–Crippen MR) is 49.9 cm³/mol. The van der Waals surface area contributed by atoms with Gasteiger partial charge in [-0.3, -0.25) is 0 Å². The van der Waals surface area contributed by atoms with Gasteiger partial charge < -0.3 is 9.47 Å². The summed E-state index contributed by atoms with van der Waals surface area (Å²) < 4.78 is 0.986. The molecule has 1 atom stereocenters. The Morgan fingerprint density at radius 3 is 2.58 bits per heavy atom. The molecule has 0 amide bonds. The number of nitrogens with one attached hydrogen (secondary N) is 1. The smallest absolute Gasteiger partial charge is 0.0921 e. The van der Waals surface area contributed by atoms with E-state index in [-0.39, 0.29) is 0 Å². The zero-order valence-electron chi connectivity index (χ0n) is 8.33. The molecule has 0 aliphatic rings. The number of hydrogen-bond donors (Lipinski definition) is 1. The molecule has 0 radical (unpaired) electrons. The van der Waals surface area contributed by atoms with Crippen LogP contribution in [0.4, 0.5) is 0 Å². The summed E-state index contributed by atoms with van der Waals surface area (Å²) in [7, 11) is 6.60. The molecule has 3 heteroatoms. The van der Waals surface area contributed by atoms with Crippen LogP contribution in [0.5, 0.6) is 0 Å². The van der Waals surface area contributed by atoms with Crippen molar-refractivity contribution in [2.24, 2.45) is 0 Å². The van der Waals surface area contributed by atoms with Crippen molar-refractivity contribution >= 4 is 0 Å². The number of rotatable bonds is 3. The van der Waals surface area contributed by atoms with E-state index in [1.54, 1.807) is 6.33 Å². The second-order valence-corrected chi connectivity index (χ2v) is 4.38. The van der Waals surface area contributed by atoms with Gasteiger partial charge in [0.25, 0.3) is 0 Å². The van der Waals surface area contributed by atoms with Crippen LogP contribution < -0.4 is 0 Å². The van der Waals surface area contributed by atoms with Crippen molar-refractivity contribution in [2.75, 3.05) is 27.7 Å². The normalized spacial score (nSPS) is 14.7. The molecule has 1 rings (SSSR count). The van der Waals surface area contributed by atoms with Crippen LogP contribution in [0.15, 0.2) is 12.5 Å². The number of quaternary nitrogens is 1. The van der Waals surface area contributed by atoms with Crippen LogP contribution in [0.1, 0.15) is 18.5 Å². The van der Waals surface area contributed by atoms with Gasteiger partial charge in [-0.15, -0.1) is 0 Å². The second-order valence-electron chi connectivity index (χ2n) is 4.38. The fraction of sp³-hybridized carbons (Fsp3) is 0.667. The topological polar surface area (TPSA) is 28.7 Å². The molecule has 0 aliphatic carbocycles. The van der Waals surface area contributed by atoms with Crippen molar-refractivity contribution < 1.29 is 4.48 Å². The Balaban J connectivity index is 2.56. The fourth-order valence-corrected chi connectivity index (χ4v) is 1.46. The first-order valence-corrected chi connectivity index (χ1v) is 4.28. The van der Waals surface area contributed by atoms with E-state index in [0.29, 0.717) is 5.92 Å². The van der Waals surface area contributed by atoms with Gasteiger partial charge >= 0.3 is 0 Å². The fourth-order valence-electron chi connectivity index (χ4n) is 1.46. The van der Waals surface area contributed by atoms with E-state index in [4.69, 9.17) is 0 Å². The summed E-state index contributed by atoms with van der Waals surface area (Å²) in [5, 5.41) is 0. The second kappa shape index (κ2) is 3.27. The first-order valence-electron chi connectivity index (χ1n) is 4.28. The Morgan fingerprint density at radius 2 is 2.17 bits per heavy atom. The molecule has 1 heterocycles. The molecule has 1 aromatic rings. The SMILES string of the molecule is CC(C[N+](C)(C)C)c1cnc[nH]1. The summed E-state index contributed by atoms with van der Waals surface area (Å²) in [6, 6.07) is 0. The van der Waals surface area contributed by atoms with E-state index in [0.717, 1.165) is 11.0 Å². The largest absolute Gasteiger partial charge is 0.348 e. The summed E-state index contributed by atoms with van der Waals surface area (Å²) in [6.45, 7) is 3.35.